The summed E-state index contributed by atoms with van der Waals surface area (Å²) in [5, 5.41) is 0. The Morgan fingerprint density at radius 3 is 2.52 bits per heavy atom. The van der Waals surface area contributed by atoms with E-state index in [1.54, 1.807) is 0 Å². The third-order valence-corrected chi connectivity index (χ3v) is 4.55. The second-order valence-corrected chi connectivity index (χ2v) is 6.20. The van der Waals surface area contributed by atoms with Crippen molar-refractivity contribution in [3.63, 3.8) is 0 Å². The lowest BCUT2D eigenvalue weighted by Crippen LogP contribution is -2.32. The molecule has 0 saturated heterocycles. The summed E-state index contributed by atoms with van der Waals surface area (Å²) in [5.41, 5.74) is 5.68. The van der Waals surface area contributed by atoms with Crippen molar-refractivity contribution in [2.75, 3.05) is 5.73 Å². The van der Waals surface area contributed by atoms with Crippen molar-refractivity contribution in [3.8, 4) is 11.4 Å². The SMILES string of the molecule is Nc1cnc(-c2cc(F)ccc2F)nc1C1CCCCC1C(F)(F)F. The molecule has 25 heavy (non-hydrogen) atoms. The summed E-state index contributed by atoms with van der Waals surface area (Å²) in [6.07, 6.45) is -1.81. The van der Waals surface area contributed by atoms with Crippen LogP contribution in [0.1, 0.15) is 37.3 Å². The van der Waals surface area contributed by atoms with Gasteiger partial charge >= 0.3 is 6.18 Å². The number of aromatic nitrogens is 2. The van der Waals surface area contributed by atoms with Gasteiger partial charge in [-0.1, -0.05) is 12.8 Å². The van der Waals surface area contributed by atoms with Crippen molar-refractivity contribution in [1.29, 1.82) is 0 Å². The van der Waals surface area contributed by atoms with E-state index in [2.05, 4.69) is 9.97 Å². The summed E-state index contributed by atoms with van der Waals surface area (Å²) in [6.45, 7) is 0. The smallest absolute Gasteiger partial charge is 0.392 e. The lowest BCUT2D eigenvalue weighted by atomic mass is 9.76. The Morgan fingerprint density at radius 1 is 1.08 bits per heavy atom. The molecule has 0 aliphatic heterocycles. The molecule has 1 heterocycles. The second kappa shape index (κ2) is 6.57. The molecule has 2 unspecified atom stereocenters. The number of alkyl halides is 3. The molecule has 3 nitrogen and oxygen atoms in total. The van der Waals surface area contributed by atoms with Gasteiger partial charge < -0.3 is 5.73 Å². The van der Waals surface area contributed by atoms with Crippen molar-refractivity contribution >= 4 is 5.69 Å². The van der Waals surface area contributed by atoms with Crippen LogP contribution in [0.25, 0.3) is 11.4 Å². The lowest BCUT2D eigenvalue weighted by molar-refractivity contribution is -0.187. The van der Waals surface area contributed by atoms with Crippen LogP contribution in [0.15, 0.2) is 24.4 Å². The molecule has 134 valence electrons. The largest absolute Gasteiger partial charge is 0.396 e. The fraction of sp³-hybridized carbons (Fsp3) is 0.412. The van der Waals surface area contributed by atoms with Crippen LogP contribution < -0.4 is 5.73 Å². The maximum absolute atomic E-state index is 13.9. The van der Waals surface area contributed by atoms with Crippen molar-refractivity contribution in [3.05, 3.63) is 41.7 Å². The maximum atomic E-state index is 13.9. The maximum Gasteiger partial charge on any atom is 0.392 e. The highest BCUT2D eigenvalue weighted by Crippen LogP contribution is 2.47. The van der Waals surface area contributed by atoms with E-state index in [-0.39, 0.29) is 35.6 Å². The molecule has 3 rings (SSSR count). The van der Waals surface area contributed by atoms with Crippen LogP contribution in [0.3, 0.4) is 0 Å². The summed E-state index contributed by atoms with van der Waals surface area (Å²) < 4.78 is 67.4. The highest BCUT2D eigenvalue weighted by atomic mass is 19.4. The minimum absolute atomic E-state index is 0.00126. The first-order valence-corrected chi connectivity index (χ1v) is 7.92. The molecule has 1 aliphatic rings. The summed E-state index contributed by atoms with van der Waals surface area (Å²) in [4.78, 5) is 7.96. The number of nitrogens with two attached hydrogens (primary N) is 1. The molecule has 8 heteroatoms. The van der Waals surface area contributed by atoms with Crippen LogP contribution in [0.2, 0.25) is 0 Å². The van der Waals surface area contributed by atoms with Crippen molar-refractivity contribution in [2.45, 2.75) is 37.8 Å². The zero-order valence-electron chi connectivity index (χ0n) is 13.2. The molecular formula is C17H16F5N3. The molecule has 1 aromatic heterocycles. The first kappa shape index (κ1) is 17.6. The van der Waals surface area contributed by atoms with Gasteiger partial charge in [0.05, 0.1) is 29.1 Å². The Bertz CT molecular complexity index is 775. The first-order chi connectivity index (χ1) is 11.8. The standard InChI is InChI=1S/C17H16F5N3/c18-9-5-6-13(19)11(7-9)16-24-8-14(23)15(25-16)10-3-1-2-4-12(10)17(20,21)22/h5-8,10,12H,1-4,23H2. The fourth-order valence-corrected chi connectivity index (χ4v) is 3.35. The van der Waals surface area contributed by atoms with E-state index in [4.69, 9.17) is 5.73 Å². The van der Waals surface area contributed by atoms with Gasteiger partial charge in [0.15, 0.2) is 5.82 Å². The van der Waals surface area contributed by atoms with Gasteiger partial charge in [0.25, 0.3) is 0 Å². The van der Waals surface area contributed by atoms with Crippen LogP contribution in [-0.4, -0.2) is 16.1 Å². The quantitative estimate of drug-likeness (QED) is 0.783. The molecule has 1 fully saturated rings. The van der Waals surface area contributed by atoms with E-state index in [9.17, 15) is 22.0 Å². The zero-order chi connectivity index (χ0) is 18.2. The number of nitrogen functional groups attached to an aromatic ring is 1. The predicted octanol–water partition coefficient (Wildman–Crippen LogP) is 4.84. The van der Waals surface area contributed by atoms with Gasteiger partial charge in [0.1, 0.15) is 11.6 Å². The fourth-order valence-electron chi connectivity index (χ4n) is 3.35. The van der Waals surface area contributed by atoms with Crippen molar-refractivity contribution in [1.82, 2.24) is 9.97 Å². The number of hydrogen-bond donors (Lipinski definition) is 1. The summed E-state index contributed by atoms with van der Waals surface area (Å²) in [7, 11) is 0. The number of nitrogens with zero attached hydrogens (tertiary/aromatic N) is 2. The van der Waals surface area contributed by atoms with Gasteiger partial charge in [-0.05, 0) is 31.0 Å². The number of rotatable bonds is 2. The number of halogens is 5. The van der Waals surface area contributed by atoms with Crippen LogP contribution in [0.5, 0.6) is 0 Å². The highest BCUT2D eigenvalue weighted by Gasteiger charge is 2.47. The molecule has 2 N–H and O–H groups in total. The Kier molecular flexibility index (Phi) is 4.62. The molecule has 0 spiro atoms. The molecule has 1 saturated carbocycles. The summed E-state index contributed by atoms with van der Waals surface area (Å²) in [6, 6.07) is 2.77. The zero-order valence-corrected chi connectivity index (χ0v) is 13.2. The lowest BCUT2D eigenvalue weighted by Gasteiger charge is -2.33. The molecule has 2 atom stereocenters. The van der Waals surface area contributed by atoms with Gasteiger partial charge in [-0.2, -0.15) is 13.2 Å². The Labute approximate surface area is 141 Å². The van der Waals surface area contributed by atoms with Gasteiger partial charge in [-0.15, -0.1) is 0 Å². The third kappa shape index (κ3) is 3.57. The molecule has 0 amide bonds. The summed E-state index contributed by atoms with van der Waals surface area (Å²) >= 11 is 0. The number of benzene rings is 1. The molecule has 2 aromatic rings. The molecular weight excluding hydrogens is 341 g/mol. The third-order valence-electron chi connectivity index (χ3n) is 4.55. The van der Waals surface area contributed by atoms with Crippen molar-refractivity contribution < 1.29 is 22.0 Å². The van der Waals surface area contributed by atoms with E-state index < -0.39 is 29.6 Å². The average Bonchev–Trinajstić information content (AvgIpc) is 2.57. The van der Waals surface area contributed by atoms with Gasteiger partial charge in [0.2, 0.25) is 0 Å². The van der Waals surface area contributed by atoms with Crippen LogP contribution in [0, 0.1) is 17.6 Å². The number of hydrogen-bond acceptors (Lipinski definition) is 3. The Hall–Kier alpha value is -2.25. The van der Waals surface area contributed by atoms with Gasteiger partial charge in [-0.3, -0.25) is 0 Å². The normalized spacial score (nSPS) is 21.3. The number of anilines is 1. The van der Waals surface area contributed by atoms with Crippen LogP contribution in [0.4, 0.5) is 27.6 Å². The van der Waals surface area contributed by atoms with E-state index in [1.807, 2.05) is 0 Å². The first-order valence-electron chi connectivity index (χ1n) is 7.92. The molecule has 1 aliphatic carbocycles. The van der Waals surface area contributed by atoms with Gasteiger partial charge in [0, 0.05) is 5.92 Å². The van der Waals surface area contributed by atoms with Crippen LogP contribution in [-0.2, 0) is 0 Å². The predicted molar refractivity (Wildman–Crippen MR) is 82.6 cm³/mol. The average molecular weight is 357 g/mol. The molecule has 0 radical (unpaired) electrons. The highest BCUT2D eigenvalue weighted by molar-refractivity contribution is 5.58. The van der Waals surface area contributed by atoms with E-state index in [1.165, 1.54) is 0 Å². The molecule has 0 bridgehead atoms. The van der Waals surface area contributed by atoms with E-state index in [0.29, 0.717) is 12.8 Å². The van der Waals surface area contributed by atoms with Crippen LogP contribution >= 0.6 is 0 Å². The monoisotopic (exact) mass is 357 g/mol. The Morgan fingerprint density at radius 2 is 1.80 bits per heavy atom. The summed E-state index contributed by atoms with van der Waals surface area (Å²) in [5.74, 6) is -4.08. The molecule has 1 aromatic carbocycles. The van der Waals surface area contributed by atoms with E-state index >= 15 is 0 Å². The Balaban J connectivity index is 2.06. The van der Waals surface area contributed by atoms with Crippen molar-refractivity contribution in [2.24, 2.45) is 5.92 Å². The van der Waals surface area contributed by atoms with Gasteiger partial charge in [-0.25, -0.2) is 18.7 Å². The minimum atomic E-state index is -4.37. The van der Waals surface area contributed by atoms with E-state index in [0.717, 1.165) is 24.4 Å². The minimum Gasteiger partial charge on any atom is -0.396 e. The topological polar surface area (TPSA) is 51.8 Å². The second-order valence-electron chi connectivity index (χ2n) is 6.20.